The van der Waals surface area contributed by atoms with Gasteiger partial charge in [0, 0.05) is 15.2 Å². The Balaban J connectivity index is 2.13. The Morgan fingerprint density at radius 1 is 1.38 bits per heavy atom. The zero-order valence-corrected chi connectivity index (χ0v) is 14.9. The van der Waals surface area contributed by atoms with E-state index in [0.29, 0.717) is 12.5 Å². The van der Waals surface area contributed by atoms with Crippen LogP contribution in [-0.4, -0.2) is 21.0 Å². The van der Waals surface area contributed by atoms with Crippen LogP contribution in [0.5, 0.6) is 0 Å². The van der Waals surface area contributed by atoms with Gasteiger partial charge in [0.15, 0.2) is 0 Å². The first-order chi connectivity index (χ1) is 9.79. The van der Waals surface area contributed by atoms with Crippen LogP contribution in [0.25, 0.3) is 0 Å². The van der Waals surface area contributed by atoms with Crippen LogP contribution in [0.1, 0.15) is 36.0 Å². The Morgan fingerprint density at radius 2 is 2.05 bits per heavy atom. The minimum absolute atomic E-state index is 0.0149. The van der Waals surface area contributed by atoms with E-state index in [1.165, 1.54) is 25.3 Å². The van der Waals surface area contributed by atoms with Gasteiger partial charge in [0.05, 0.1) is 22.1 Å². The van der Waals surface area contributed by atoms with Crippen LogP contribution in [0.15, 0.2) is 21.5 Å². The van der Waals surface area contributed by atoms with Gasteiger partial charge in [-0.05, 0) is 40.4 Å². The van der Waals surface area contributed by atoms with Gasteiger partial charge in [-0.3, -0.25) is 0 Å². The van der Waals surface area contributed by atoms with Crippen molar-refractivity contribution in [3.8, 4) is 0 Å². The van der Waals surface area contributed by atoms with E-state index in [0.717, 1.165) is 12.5 Å². The Kier molecular flexibility index (Phi) is 5.57. The van der Waals surface area contributed by atoms with Gasteiger partial charge in [0.25, 0.3) is 9.05 Å². The molecule has 1 aliphatic carbocycles. The lowest BCUT2D eigenvalue weighted by Gasteiger charge is -2.24. The normalized spacial score (nSPS) is 15.6. The molecule has 0 aliphatic heterocycles. The number of hydrogen-bond acceptors (Lipinski definition) is 4. The van der Waals surface area contributed by atoms with Crippen molar-refractivity contribution in [2.45, 2.75) is 30.6 Å². The fourth-order valence-corrected chi connectivity index (χ4v) is 3.61. The Bertz CT molecular complexity index is 656. The second-order valence-corrected chi connectivity index (χ2v) is 8.72. The molecule has 4 nitrogen and oxygen atoms in total. The highest BCUT2D eigenvalue weighted by Gasteiger charge is 2.22. The maximum Gasteiger partial charge on any atom is 0.339 e. The molecule has 0 atom stereocenters. The Morgan fingerprint density at radius 3 is 2.57 bits per heavy atom. The summed E-state index contributed by atoms with van der Waals surface area (Å²) in [7, 11) is 1.34. The molecule has 1 saturated carbocycles. The monoisotopic (exact) mass is 414 g/mol. The largest absolute Gasteiger partial charge is 0.462 e. The van der Waals surface area contributed by atoms with Gasteiger partial charge in [-0.1, -0.05) is 30.9 Å². The highest BCUT2D eigenvalue weighted by atomic mass is 79.9. The Hall–Kier alpha value is -0.300. The fraction of sp³-hybridized carbons (Fsp3) is 0.462. The predicted molar refractivity (Wildman–Crippen MR) is 84.4 cm³/mol. The lowest BCUT2D eigenvalue weighted by atomic mass is 9.83. The summed E-state index contributed by atoms with van der Waals surface area (Å²) in [6.07, 6.45) is 4.39. The molecule has 0 unspecified atom stereocenters. The maximum atomic E-state index is 12.0. The number of benzene rings is 1. The molecular formula is C13H13BrCl2O4S. The van der Waals surface area contributed by atoms with Crippen LogP contribution in [0.2, 0.25) is 5.02 Å². The van der Waals surface area contributed by atoms with Crippen molar-refractivity contribution in [3.63, 3.8) is 0 Å². The molecule has 0 bridgehead atoms. The molecule has 21 heavy (non-hydrogen) atoms. The third-order valence-corrected chi connectivity index (χ3v) is 6.08. The molecule has 0 heterocycles. The highest BCUT2D eigenvalue weighted by molar-refractivity contribution is 9.10. The first-order valence-electron chi connectivity index (χ1n) is 6.40. The molecule has 0 N–H and O–H groups in total. The van der Waals surface area contributed by atoms with Crippen molar-refractivity contribution in [2.75, 3.05) is 6.61 Å². The van der Waals surface area contributed by atoms with Crippen LogP contribution >= 0.6 is 38.2 Å². The minimum atomic E-state index is -3.95. The van der Waals surface area contributed by atoms with Crippen LogP contribution < -0.4 is 0 Å². The van der Waals surface area contributed by atoms with Gasteiger partial charge >= 0.3 is 5.97 Å². The lowest BCUT2D eigenvalue weighted by Crippen LogP contribution is -2.16. The minimum Gasteiger partial charge on any atom is -0.462 e. The average molecular weight is 416 g/mol. The number of carbonyl (C=O) groups excluding carboxylic acids is 1. The summed E-state index contributed by atoms with van der Waals surface area (Å²) in [6.45, 7) is 0.301. The molecule has 1 aliphatic rings. The molecule has 1 aromatic carbocycles. The van der Waals surface area contributed by atoms with Gasteiger partial charge < -0.3 is 4.74 Å². The Labute approximate surface area is 141 Å². The molecule has 0 amide bonds. The predicted octanol–water partition coefficient (Wildman–Crippen LogP) is 4.38. The average Bonchev–Trinajstić information content (AvgIpc) is 2.33. The quantitative estimate of drug-likeness (QED) is 0.528. The molecule has 116 valence electrons. The third-order valence-electron chi connectivity index (χ3n) is 3.49. The van der Waals surface area contributed by atoms with Gasteiger partial charge in [-0.25, -0.2) is 13.2 Å². The second kappa shape index (κ2) is 6.86. The number of ether oxygens (including phenoxy) is 1. The molecule has 8 heteroatoms. The van der Waals surface area contributed by atoms with Crippen LogP contribution in [0.3, 0.4) is 0 Å². The molecule has 1 fully saturated rings. The van der Waals surface area contributed by atoms with E-state index >= 15 is 0 Å². The first-order valence-corrected chi connectivity index (χ1v) is 9.88. The maximum absolute atomic E-state index is 12.0. The highest BCUT2D eigenvalue weighted by Crippen LogP contribution is 2.32. The zero-order valence-electron chi connectivity index (χ0n) is 10.9. The molecule has 0 radical (unpaired) electrons. The van der Waals surface area contributed by atoms with Crippen LogP contribution in [0.4, 0.5) is 0 Å². The van der Waals surface area contributed by atoms with Gasteiger partial charge in [-0.15, -0.1) is 0 Å². The fourth-order valence-electron chi connectivity index (χ4n) is 2.03. The van der Waals surface area contributed by atoms with E-state index < -0.39 is 15.0 Å². The summed E-state index contributed by atoms with van der Waals surface area (Å²) in [4.78, 5) is 11.8. The van der Waals surface area contributed by atoms with Crippen molar-refractivity contribution in [3.05, 3.63) is 27.2 Å². The molecule has 0 spiro atoms. The summed E-state index contributed by atoms with van der Waals surface area (Å²) in [5.41, 5.74) is -0.0149. The summed E-state index contributed by atoms with van der Waals surface area (Å²) in [6, 6.07) is 2.37. The second-order valence-electron chi connectivity index (χ2n) is 4.93. The first kappa shape index (κ1) is 17.1. The molecule has 1 aromatic rings. The van der Waals surface area contributed by atoms with E-state index in [1.54, 1.807) is 0 Å². The van der Waals surface area contributed by atoms with E-state index in [1.807, 2.05) is 0 Å². The van der Waals surface area contributed by atoms with Crippen LogP contribution in [0, 0.1) is 5.92 Å². The smallest absolute Gasteiger partial charge is 0.339 e. The van der Waals surface area contributed by atoms with Crippen molar-refractivity contribution in [1.29, 1.82) is 0 Å². The van der Waals surface area contributed by atoms with Crippen LogP contribution in [-0.2, 0) is 13.8 Å². The zero-order chi connectivity index (χ0) is 15.6. The van der Waals surface area contributed by atoms with E-state index in [9.17, 15) is 13.2 Å². The standard InChI is InChI=1S/C13H13BrCl2O4S/c14-11-7-9(21(16,18)19)6-10(12(11)15)13(17)20-5-4-8-2-1-3-8/h6-8H,1-5H2. The molecule has 0 aromatic heterocycles. The third kappa shape index (κ3) is 4.34. The van der Waals surface area contributed by atoms with Gasteiger partial charge in [0.2, 0.25) is 0 Å². The van der Waals surface area contributed by atoms with E-state index in [-0.39, 0.29) is 20.0 Å². The van der Waals surface area contributed by atoms with E-state index in [2.05, 4.69) is 15.9 Å². The van der Waals surface area contributed by atoms with Crippen molar-refractivity contribution >= 4 is 53.2 Å². The van der Waals surface area contributed by atoms with Gasteiger partial charge in [0.1, 0.15) is 0 Å². The number of halogens is 3. The van der Waals surface area contributed by atoms with Crippen molar-refractivity contribution in [2.24, 2.45) is 5.92 Å². The number of rotatable bonds is 5. The lowest BCUT2D eigenvalue weighted by molar-refractivity contribution is 0.0464. The van der Waals surface area contributed by atoms with Crippen molar-refractivity contribution in [1.82, 2.24) is 0 Å². The van der Waals surface area contributed by atoms with Gasteiger partial charge in [-0.2, -0.15) is 0 Å². The summed E-state index contributed by atoms with van der Waals surface area (Å²) in [5, 5.41) is 0.104. The molecule has 0 saturated heterocycles. The SMILES string of the molecule is O=C(OCCC1CCC1)c1cc(S(=O)(=O)Cl)cc(Br)c1Cl. The summed E-state index contributed by atoms with van der Waals surface area (Å²) >= 11 is 9.11. The molecule has 2 rings (SSSR count). The topological polar surface area (TPSA) is 60.4 Å². The van der Waals surface area contributed by atoms with E-state index in [4.69, 9.17) is 27.0 Å². The number of carbonyl (C=O) groups is 1. The molecular weight excluding hydrogens is 403 g/mol. The number of esters is 1. The van der Waals surface area contributed by atoms with Crippen molar-refractivity contribution < 1.29 is 17.9 Å². The summed E-state index contributed by atoms with van der Waals surface area (Å²) < 4.78 is 28.2. The number of hydrogen-bond donors (Lipinski definition) is 0. The summed E-state index contributed by atoms with van der Waals surface area (Å²) in [5.74, 6) is -0.0308.